The van der Waals surface area contributed by atoms with Crippen LogP contribution in [0.1, 0.15) is 35.0 Å². The van der Waals surface area contributed by atoms with Crippen LogP contribution in [0.2, 0.25) is 5.02 Å². The van der Waals surface area contributed by atoms with Crippen molar-refractivity contribution in [2.45, 2.75) is 32.5 Å². The van der Waals surface area contributed by atoms with Crippen LogP contribution in [0.3, 0.4) is 0 Å². The molecule has 1 amide bonds. The van der Waals surface area contributed by atoms with Gasteiger partial charge in [0, 0.05) is 18.1 Å². The fraction of sp³-hybridized carbons (Fsp3) is 0.222. The zero-order chi connectivity index (χ0) is 24.8. The Kier molecular flexibility index (Phi) is 7.80. The van der Waals surface area contributed by atoms with E-state index in [-0.39, 0.29) is 18.1 Å². The number of carboxylic acid groups (broad SMARTS) is 1. The smallest absolute Gasteiger partial charge is 0.404 e. The van der Waals surface area contributed by atoms with Crippen molar-refractivity contribution in [2.75, 3.05) is 6.54 Å². The zero-order valence-electron chi connectivity index (χ0n) is 19.4. The van der Waals surface area contributed by atoms with Gasteiger partial charge in [-0.1, -0.05) is 71.8 Å². The SMILES string of the molecule is Cc1ccc(CNC(CCNC(=O)O)c2nc3cc(Cl)ccc3c(=O)n2Cc2ccccc2)cc1. The lowest BCUT2D eigenvalue weighted by Gasteiger charge is -2.23. The molecular weight excluding hydrogens is 464 g/mol. The molecular formula is C27H27ClN4O3. The summed E-state index contributed by atoms with van der Waals surface area (Å²) < 4.78 is 1.67. The number of hydrogen-bond acceptors (Lipinski definition) is 4. The van der Waals surface area contributed by atoms with Crippen molar-refractivity contribution in [3.8, 4) is 0 Å². The summed E-state index contributed by atoms with van der Waals surface area (Å²) in [5.74, 6) is 0.535. The maximum absolute atomic E-state index is 13.6. The molecule has 7 nitrogen and oxygen atoms in total. The van der Waals surface area contributed by atoms with E-state index in [1.165, 1.54) is 5.56 Å². The average Bonchev–Trinajstić information content (AvgIpc) is 2.84. The molecule has 1 aromatic heterocycles. The Hall–Kier alpha value is -3.68. The average molecular weight is 491 g/mol. The second-order valence-electron chi connectivity index (χ2n) is 8.45. The number of benzene rings is 3. The largest absolute Gasteiger partial charge is 0.465 e. The predicted octanol–water partition coefficient (Wildman–Crippen LogP) is 4.90. The van der Waals surface area contributed by atoms with Crippen molar-refractivity contribution >= 4 is 28.6 Å². The van der Waals surface area contributed by atoms with Crippen molar-refractivity contribution in [2.24, 2.45) is 0 Å². The van der Waals surface area contributed by atoms with E-state index in [0.717, 1.165) is 11.1 Å². The number of amides is 1. The Labute approximate surface area is 208 Å². The van der Waals surface area contributed by atoms with Gasteiger partial charge in [-0.3, -0.25) is 9.36 Å². The molecule has 1 unspecified atom stereocenters. The van der Waals surface area contributed by atoms with Gasteiger partial charge in [-0.2, -0.15) is 0 Å². The predicted molar refractivity (Wildman–Crippen MR) is 138 cm³/mol. The number of hydrogen-bond donors (Lipinski definition) is 3. The Balaban J connectivity index is 1.77. The molecule has 0 aliphatic heterocycles. The fourth-order valence-electron chi connectivity index (χ4n) is 3.99. The first kappa shape index (κ1) is 24.4. The number of nitrogens with one attached hydrogen (secondary N) is 2. The molecule has 0 bridgehead atoms. The highest BCUT2D eigenvalue weighted by Crippen LogP contribution is 2.21. The summed E-state index contributed by atoms with van der Waals surface area (Å²) in [6, 6.07) is 22.5. The van der Waals surface area contributed by atoms with Crippen LogP contribution in [-0.4, -0.2) is 27.3 Å². The molecule has 0 aliphatic carbocycles. The van der Waals surface area contributed by atoms with E-state index in [0.29, 0.717) is 41.3 Å². The number of aryl methyl sites for hydroxylation is 1. The van der Waals surface area contributed by atoms with Crippen LogP contribution in [0.25, 0.3) is 10.9 Å². The van der Waals surface area contributed by atoms with Crippen molar-refractivity contribution in [1.29, 1.82) is 0 Å². The van der Waals surface area contributed by atoms with Crippen LogP contribution >= 0.6 is 11.6 Å². The van der Waals surface area contributed by atoms with E-state index in [9.17, 15) is 9.59 Å². The number of halogens is 1. The van der Waals surface area contributed by atoms with Gasteiger partial charge in [-0.25, -0.2) is 9.78 Å². The molecule has 0 saturated carbocycles. The summed E-state index contributed by atoms with van der Waals surface area (Å²) in [5, 5.41) is 16.0. The summed E-state index contributed by atoms with van der Waals surface area (Å²) in [4.78, 5) is 29.5. The highest BCUT2D eigenvalue weighted by atomic mass is 35.5. The third-order valence-corrected chi connectivity index (χ3v) is 6.06. The first-order valence-corrected chi connectivity index (χ1v) is 11.8. The lowest BCUT2D eigenvalue weighted by Crippen LogP contribution is -2.34. The minimum atomic E-state index is -1.10. The molecule has 8 heteroatoms. The molecule has 4 aromatic rings. The molecule has 0 aliphatic rings. The number of rotatable bonds is 9. The maximum Gasteiger partial charge on any atom is 0.404 e. The minimum Gasteiger partial charge on any atom is -0.465 e. The van der Waals surface area contributed by atoms with Gasteiger partial charge in [-0.05, 0) is 42.7 Å². The van der Waals surface area contributed by atoms with Gasteiger partial charge in [0.25, 0.3) is 5.56 Å². The lowest BCUT2D eigenvalue weighted by atomic mass is 10.1. The second-order valence-corrected chi connectivity index (χ2v) is 8.88. The van der Waals surface area contributed by atoms with Crippen molar-refractivity contribution in [3.05, 3.63) is 111 Å². The molecule has 0 fully saturated rings. The number of nitrogens with zero attached hydrogens (tertiary/aromatic N) is 2. The minimum absolute atomic E-state index is 0.168. The van der Waals surface area contributed by atoms with E-state index >= 15 is 0 Å². The molecule has 4 rings (SSSR count). The Morgan fingerprint density at radius 3 is 2.51 bits per heavy atom. The van der Waals surface area contributed by atoms with E-state index in [1.54, 1.807) is 22.8 Å². The quantitative estimate of drug-likeness (QED) is 0.310. The molecule has 3 aromatic carbocycles. The van der Waals surface area contributed by atoms with Gasteiger partial charge >= 0.3 is 6.09 Å². The van der Waals surface area contributed by atoms with E-state index in [1.807, 2.05) is 61.5 Å². The third-order valence-electron chi connectivity index (χ3n) is 5.82. The standard InChI is InChI=1S/C27H27ClN4O3/c1-18-7-9-19(10-8-18)16-30-23(13-14-29-27(34)35)25-31-24-15-21(28)11-12-22(24)26(33)32(25)17-20-5-3-2-4-6-20/h2-12,15,23,29-30H,13-14,16-17H2,1H3,(H,34,35). The van der Waals surface area contributed by atoms with Crippen LogP contribution in [0.5, 0.6) is 0 Å². The fourth-order valence-corrected chi connectivity index (χ4v) is 4.16. The molecule has 0 spiro atoms. The number of fused-ring (bicyclic) bond motifs is 1. The van der Waals surface area contributed by atoms with Gasteiger partial charge in [0.15, 0.2) is 0 Å². The van der Waals surface area contributed by atoms with E-state index < -0.39 is 6.09 Å². The summed E-state index contributed by atoms with van der Waals surface area (Å²) in [7, 11) is 0. The second kappa shape index (κ2) is 11.2. The van der Waals surface area contributed by atoms with Gasteiger partial charge in [-0.15, -0.1) is 0 Å². The van der Waals surface area contributed by atoms with Gasteiger partial charge in [0.2, 0.25) is 0 Å². The van der Waals surface area contributed by atoms with E-state index in [4.69, 9.17) is 21.7 Å². The Bertz CT molecular complexity index is 1370. The van der Waals surface area contributed by atoms with Crippen molar-refractivity contribution in [3.63, 3.8) is 0 Å². The van der Waals surface area contributed by atoms with Gasteiger partial charge < -0.3 is 15.7 Å². The topological polar surface area (TPSA) is 96.2 Å². The first-order valence-electron chi connectivity index (χ1n) is 11.4. The molecule has 3 N–H and O–H groups in total. The van der Waals surface area contributed by atoms with E-state index in [2.05, 4.69) is 10.6 Å². The summed E-state index contributed by atoms with van der Waals surface area (Å²) in [5.41, 5.74) is 3.55. The molecule has 35 heavy (non-hydrogen) atoms. The summed E-state index contributed by atoms with van der Waals surface area (Å²) >= 11 is 6.21. The van der Waals surface area contributed by atoms with Gasteiger partial charge in [0.05, 0.1) is 23.5 Å². The normalized spacial score (nSPS) is 11.9. The molecule has 180 valence electrons. The number of carbonyl (C=O) groups is 1. The van der Waals surface area contributed by atoms with Crippen LogP contribution in [0.4, 0.5) is 4.79 Å². The highest BCUT2D eigenvalue weighted by molar-refractivity contribution is 6.31. The molecule has 1 heterocycles. The van der Waals surface area contributed by atoms with Crippen LogP contribution in [-0.2, 0) is 13.1 Å². The molecule has 0 radical (unpaired) electrons. The summed E-state index contributed by atoms with van der Waals surface area (Å²) in [6.45, 7) is 3.11. The van der Waals surface area contributed by atoms with Crippen LogP contribution < -0.4 is 16.2 Å². The monoisotopic (exact) mass is 490 g/mol. The first-order chi connectivity index (χ1) is 16.9. The number of aromatic nitrogens is 2. The van der Waals surface area contributed by atoms with Crippen molar-refractivity contribution in [1.82, 2.24) is 20.2 Å². The highest BCUT2D eigenvalue weighted by Gasteiger charge is 2.21. The zero-order valence-corrected chi connectivity index (χ0v) is 20.1. The summed E-state index contributed by atoms with van der Waals surface area (Å²) in [6.07, 6.45) is -0.687. The van der Waals surface area contributed by atoms with Crippen LogP contribution in [0.15, 0.2) is 77.6 Å². The van der Waals surface area contributed by atoms with Crippen LogP contribution in [0, 0.1) is 6.92 Å². The Morgan fingerprint density at radius 1 is 1.06 bits per heavy atom. The third kappa shape index (κ3) is 6.26. The molecule has 0 saturated heterocycles. The Morgan fingerprint density at radius 2 is 1.80 bits per heavy atom. The van der Waals surface area contributed by atoms with Gasteiger partial charge in [0.1, 0.15) is 5.82 Å². The van der Waals surface area contributed by atoms with Crippen molar-refractivity contribution < 1.29 is 9.90 Å². The molecule has 1 atom stereocenters. The maximum atomic E-state index is 13.6. The lowest BCUT2D eigenvalue weighted by molar-refractivity contribution is 0.193.